The second-order valence-electron chi connectivity index (χ2n) is 9.06. The van der Waals surface area contributed by atoms with Crippen molar-refractivity contribution in [2.45, 2.75) is 43.8 Å². The van der Waals surface area contributed by atoms with Gasteiger partial charge in [-0.3, -0.25) is 14.4 Å². The summed E-state index contributed by atoms with van der Waals surface area (Å²) >= 11 is 0. The summed E-state index contributed by atoms with van der Waals surface area (Å²) in [5.41, 5.74) is 1.46. The minimum Gasteiger partial charge on any atom is -0.325 e. The first-order chi connectivity index (χ1) is 15.9. The van der Waals surface area contributed by atoms with Crippen LogP contribution in [0.1, 0.15) is 70.4 Å². The van der Waals surface area contributed by atoms with Crippen LogP contribution in [0.5, 0.6) is 0 Å². The van der Waals surface area contributed by atoms with Gasteiger partial charge in [-0.15, -0.1) is 0 Å². The molecule has 2 unspecified atom stereocenters. The number of piperidine rings is 1. The van der Waals surface area contributed by atoms with Crippen molar-refractivity contribution in [3.05, 3.63) is 64.7 Å². The van der Waals surface area contributed by atoms with E-state index < -0.39 is 21.2 Å². The van der Waals surface area contributed by atoms with Crippen molar-refractivity contribution in [3.8, 4) is 0 Å². The number of hydrogen-bond acceptors (Lipinski definition) is 5. The maximum Gasteiger partial charge on any atom is 0.227 e. The first kappa shape index (κ1) is 22.0. The monoisotopic (exact) mass is 466 g/mol. The molecule has 2 aromatic rings. The van der Waals surface area contributed by atoms with Gasteiger partial charge in [0.2, 0.25) is 15.9 Å². The lowest BCUT2D eigenvalue weighted by atomic mass is 9.83. The minimum absolute atomic E-state index is 0.199. The van der Waals surface area contributed by atoms with Crippen LogP contribution in [-0.4, -0.2) is 48.5 Å². The Morgan fingerprint density at radius 1 is 0.848 bits per heavy atom. The van der Waals surface area contributed by atoms with Crippen LogP contribution >= 0.6 is 0 Å². The largest absolute Gasteiger partial charge is 0.325 e. The number of sulfonamides is 1. The highest BCUT2D eigenvalue weighted by Crippen LogP contribution is 2.36. The average Bonchev–Trinajstić information content (AvgIpc) is 3.35. The van der Waals surface area contributed by atoms with Gasteiger partial charge < -0.3 is 5.32 Å². The van der Waals surface area contributed by atoms with Crippen molar-refractivity contribution in [1.82, 2.24) is 4.31 Å². The zero-order valence-electron chi connectivity index (χ0n) is 18.2. The number of carbonyl (C=O) groups is 3. The third kappa shape index (κ3) is 3.81. The molecule has 1 heterocycles. The molecule has 2 atom stereocenters. The molecule has 1 aliphatic heterocycles. The van der Waals surface area contributed by atoms with E-state index in [0.29, 0.717) is 42.7 Å². The number of anilines is 1. The van der Waals surface area contributed by atoms with Gasteiger partial charge >= 0.3 is 0 Å². The Morgan fingerprint density at radius 3 is 2.24 bits per heavy atom. The van der Waals surface area contributed by atoms with Gasteiger partial charge in [-0.05, 0) is 38.2 Å². The van der Waals surface area contributed by atoms with Crippen molar-refractivity contribution >= 4 is 33.2 Å². The molecule has 3 aliphatic rings. The lowest BCUT2D eigenvalue weighted by Gasteiger charge is -2.28. The summed E-state index contributed by atoms with van der Waals surface area (Å²) in [6.07, 6.45) is 4.02. The van der Waals surface area contributed by atoms with E-state index in [-0.39, 0.29) is 35.0 Å². The predicted octanol–water partition coefficient (Wildman–Crippen LogP) is 3.38. The molecule has 5 rings (SSSR count). The van der Waals surface area contributed by atoms with E-state index in [0.717, 1.165) is 19.3 Å². The summed E-state index contributed by atoms with van der Waals surface area (Å²) in [5, 5.41) is 2.28. The Labute approximate surface area is 193 Å². The van der Waals surface area contributed by atoms with Gasteiger partial charge in [-0.25, -0.2) is 12.7 Å². The van der Waals surface area contributed by atoms with Gasteiger partial charge in [-0.1, -0.05) is 42.8 Å². The third-order valence-electron chi connectivity index (χ3n) is 7.06. The average molecular weight is 467 g/mol. The zero-order valence-corrected chi connectivity index (χ0v) is 19.1. The molecule has 2 aromatic carbocycles. The van der Waals surface area contributed by atoms with E-state index in [1.54, 1.807) is 46.8 Å². The standard InChI is InChI=1S/C25H26N2O5S/c28-23-18-7-2-3-8-19(18)24(29)22-20(23)9-6-10-21(22)26-25(30)16-11-12-17(15-16)33(31,32)27-13-4-1-5-14-27/h2-3,6-10,16-17H,1,4-5,11-15H2,(H,26,30). The predicted molar refractivity (Wildman–Crippen MR) is 124 cm³/mol. The van der Waals surface area contributed by atoms with Crippen LogP contribution in [0.2, 0.25) is 0 Å². The SMILES string of the molecule is O=C1c2ccccc2C(=O)c2c(NC(=O)C3CCC(S(=O)(=O)N4CCCCC4)C3)cccc21. The fourth-order valence-corrected chi connectivity index (χ4v) is 7.36. The number of hydrogen-bond donors (Lipinski definition) is 1. The first-order valence-corrected chi connectivity index (χ1v) is 13.0. The third-order valence-corrected chi connectivity index (χ3v) is 9.42. The van der Waals surface area contributed by atoms with Gasteiger partial charge in [0.25, 0.3) is 0 Å². The highest BCUT2D eigenvalue weighted by atomic mass is 32.2. The summed E-state index contributed by atoms with van der Waals surface area (Å²) < 4.78 is 27.6. The molecule has 1 saturated heterocycles. The van der Waals surface area contributed by atoms with E-state index in [1.165, 1.54) is 0 Å². The molecule has 172 valence electrons. The van der Waals surface area contributed by atoms with E-state index in [9.17, 15) is 22.8 Å². The number of nitrogens with zero attached hydrogens (tertiary/aromatic N) is 1. The number of nitrogens with one attached hydrogen (secondary N) is 1. The zero-order chi connectivity index (χ0) is 23.2. The smallest absolute Gasteiger partial charge is 0.227 e. The topological polar surface area (TPSA) is 101 Å². The van der Waals surface area contributed by atoms with Gasteiger partial charge in [0.15, 0.2) is 11.6 Å². The number of benzene rings is 2. The highest BCUT2D eigenvalue weighted by Gasteiger charge is 2.41. The summed E-state index contributed by atoms with van der Waals surface area (Å²) in [6, 6.07) is 11.5. The van der Waals surface area contributed by atoms with Crippen molar-refractivity contribution in [3.63, 3.8) is 0 Å². The molecule has 0 radical (unpaired) electrons. The molecule has 33 heavy (non-hydrogen) atoms. The van der Waals surface area contributed by atoms with E-state index >= 15 is 0 Å². The van der Waals surface area contributed by atoms with Crippen molar-refractivity contribution < 1.29 is 22.8 Å². The molecule has 0 spiro atoms. The molecule has 0 aromatic heterocycles. The van der Waals surface area contributed by atoms with Crippen LogP contribution in [-0.2, 0) is 14.8 Å². The second-order valence-corrected chi connectivity index (χ2v) is 11.3. The van der Waals surface area contributed by atoms with Crippen LogP contribution < -0.4 is 5.32 Å². The Balaban J connectivity index is 1.35. The number of amides is 1. The summed E-state index contributed by atoms with van der Waals surface area (Å²) in [5.74, 6) is -1.30. The Morgan fingerprint density at radius 2 is 1.52 bits per heavy atom. The normalized spacial score (nSPS) is 23.2. The summed E-state index contributed by atoms with van der Waals surface area (Å²) in [7, 11) is -3.41. The molecule has 2 aliphatic carbocycles. The quantitative estimate of drug-likeness (QED) is 0.635. The molecular formula is C25H26N2O5S. The van der Waals surface area contributed by atoms with Gasteiger partial charge in [0.1, 0.15) is 0 Å². The van der Waals surface area contributed by atoms with E-state index in [1.807, 2.05) is 0 Å². The lowest BCUT2D eigenvalue weighted by Crippen LogP contribution is -2.41. The number of ketones is 2. The maximum atomic E-state index is 13.1. The van der Waals surface area contributed by atoms with Crippen LogP contribution in [0.3, 0.4) is 0 Å². The number of carbonyl (C=O) groups excluding carboxylic acids is 3. The molecule has 0 bridgehead atoms. The van der Waals surface area contributed by atoms with Gasteiger partial charge in [0.05, 0.1) is 16.5 Å². The van der Waals surface area contributed by atoms with Crippen molar-refractivity contribution in [2.24, 2.45) is 5.92 Å². The molecule has 2 fully saturated rings. The van der Waals surface area contributed by atoms with E-state index in [2.05, 4.69) is 5.32 Å². The number of fused-ring (bicyclic) bond motifs is 2. The molecule has 7 nitrogen and oxygen atoms in total. The fourth-order valence-electron chi connectivity index (χ4n) is 5.26. The fraction of sp³-hybridized carbons (Fsp3) is 0.400. The lowest BCUT2D eigenvalue weighted by molar-refractivity contribution is -0.119. The van der Waals surface area contributed by atoms with Crippen LogP contribution in [0.25, 0.3) is 0 Å². The molecule has 8 heteroatoms. The summed E-state index contributed by atoms with van der Waals surface area (Å²) in [4.78, 5) is 39.1. The van der Waals surface area contributed by atoms with Crippen LogP contribution in [0.15, 0.2) is 42.5 Å². The van der Waals surface area contributed by atoms with Crippen molar-refractivity contribution in [1.29, 1.82) is 0 Å². The Hall–Kier alpha value is -2.84. The van der Waals surface area contributed by atoms with Crippen LogP contribution in [0, 0.1) is 5.92 Å². The van der Waals surface area contributed by atoms with Crippen LogP contribution in [0.4, 0.5) is 5.69 Å². The second kappa shape index (κ2) is 8.50. The van der Waals surface area contributed by atoms with Gasteiger partial charge in [0, 0.05) is 35.7 Å². The molecule has 1 amide bonds. The molecule has 1 N–H and O–H groups in total. The van der Waals surface area contributed by atoms with Gasteiger partial charge in [-0.2, -0.15) is 0 Å². The highest BCUT2D eigenvalue weighted by molar-refractivity contribution is 7.89. The van der Waals surface area contributed by atoms with Crippen molar-refractivity contribution in [2.75, 3.05) is 18.4 Å². The maximum absolute atomic E-state index is 13.1. The molecular weight excluding hydrogens is 440 g/mol. The molecule has 1 saturated carbocycles. The van der Waals surface area contributed by atoms with E-state index in [4.69, 9.17) is 0 Å². The number of rotatable bonds is 4. The minimum atomic E-state index is -3.41. The Bertz CT molecular complexity index is 1250. The first-order valence-electron chi connectivity index (χ1n) is 11.5. The summed E-state index contributed by atoms with van der Waals surface area (Å²) in [6.45, 7) is 1.12. The Kier molecular flexibility index (Phi) is 5.66.